The molecule has 0 spiro atoms. The Bertz CT molecular complexity index is 603. The molecule has 0 fully saturated rings. The molecule has 100 valence electrons. The van der Waals surface area contributed by atoms with E-state index in [1.807, 2.05) is 20.8 Å². The fraction of sp³-hybridized carbons (Fsp3) is 0.308. The minimum atomic E-state index is -0.284. The summed E-state index contributed by atoms with van der Waals surface area (Å²) in [6, 6.07) is 1.92. The monoisotopic (exact) mass is 259 g/mol. The number of nitrogens with one attached hydrogen (secondary N) is 1. The number of pyridine rings is 1. The number of hydrogen-bond donors (Lipinski definition) is 2. The maximum Gasteiger partial charge on any atom is 0.259 e. The second-order valence-corrected chi connectivity index (χ2v) is 4.67. The molecule has 3 N–H and O–H groups in total. The number of carbonyl (C=O) groups excluding carboxylic acids is 1. The van der Waals surface area contributed by atoms with Crippen molar-refractivity contribution in [1.82, 2.24) is 14.8 Å². The molecule has 0 radical (unpaired) electrons. The number of aryl methyl sites for hydroxylation is 1. The summed E-state index contributed by atoms with van der Waals surface area (Å²) in [6.07, 6.45) is 4.86. The highest BCUT2D eigenvalue weighted by Crippen LogP contribution is 2.15. The van der Waals surface area contributed by atoms with Gasteiger partial charge in [0.25, 0.3) is 5.91 Å². The van der Waals surface area contributed by atoms with Crippen molar-refractivity contribution < 1.29 is 4.79 Å². The van der Waals surface area contributed by atoms with Crippen LogP contribution in [0, 0.1) is 6.92 Å². The molecule has 0 aliphatic heterocycles. The molecule has 0 unspecified atom stereocenters. The van der Waals surface area contributed by atoms with Gasteiger partial charge in [-0.2, -0.15) is 5.10 Å². The van der Waals surface area contributed by atoms with E-state index in [4.69, 9.17) is 5.73 Å². The summed E-state index contributed by atoms with van der Waals surface area (Å²) in [5.41, 5.74) is 8.01. The summed E-state index contributed by atoms with van der Waals surface area (Å²) in [4.78, 5) is 16.1. The van der Waals surface area contributed by atoms with Gasteiger partial charge < -0.3 is 11.1 Å². The maximum atomic E-state index is 12.1. The Morgan fingerprint density at radius 2 is 2.16 bits per heavy atom. The maximum absolute atomic E-state index is 12.1. The molecule has 0 saturated carbocycles. The van der Waals surface area contributed by atoms with E-state index in [2.05, 4.69) is 15.4 Å². The first-order valence-electron chi connectivity index (χ1n) is 6.05. The predicted molar refractivity (Wildman–Crippen MR) is 74.0 cm³/mol. The van der Waals surface area contributed by atoms with Crippen LogP contribution in [0.2, 0.25) is 0 Å². The molecular formula is C13H17N5O. The number of rotatable bonds is 3. The van der Waals surface area contributed by atoms with Crippen molar-refractivity contribution in [1.29, 1.82) is 0 Å². The number of hydrogen-bond acceptors (Lipinski definition) is 4. The second kappa shape index (κ2) is 5.09. The van der Waals surface area contributed by atoms with E-state index in [1.165, 1.54) is 6.20 Å². The summed E-state index contributed by atoms with van der Waals surface area (Å²) in [7, 11) is 0. The number of nitrogens with zero attached hydrogens (tertiary/aromatic N) is 3. The lowest BCUT2D eigenvalue weighted by molar-refractivity contribution is 0.102. The number of anilines is 2. The van der Waals surface area contributed by atoms with Crippen LogP contribution in [0.5, 0.6) is 0 Å². The van der Waals surface area contributed by atoms with E-state index >= 15 is 0 Å². The van der Waals surface area contributed by atoms with Crippen molar-refractivity contribution >= 4 is 17.3 Å². The Kier molecular flexibility index (Phi) is 3.50. The normalized spacial score (nSPS) is 10.7. The van der Waals surface area contributed by atoms with Crippen molar-refractivity contribution in [3.8, 4) is 0 Å². The summed E-state index contributed by atoms with van der Waals surface area (Å²) in [5, 5.41) is 6.91. The van der Waals surface area contributed by atoms with Crippen LogP contribution in [0.4, 0.5) is 11.4 Å². The van der Waals surface area contributed by atoms with Crippen LogP contribution in [0.3, 0.4) is 0 Å². The lowest BCUT2D eigenvalue weighted by Crippen LogP contribution is -2.14. The number of carbonyl (C=O) groups is 1. The zero-order valence-corrected chi connectivity index (χ0v) is 11.2. The van der Waals surface area contributed by atoms with Crippen LogP contribution >= 0.6 is 0 Å². The summed E-state index contributed by atoms with van der Waals surface area (Å²) in [6.45, 7) is 5.85. The van der Waals surface area contributed by atoms with Gasteiger partial charge in [-0.05, 0) is 26.8 Å². The third kappa shape index (κ3) is 2.90. The highest BCUT2D eigenvalue weighted by molar-refractivity contribution is 6.07. The topological polar surface area (TPSA) is 85.8 Å². The molecular weight excluding hydrogens is 242 g/mol. The molecule has 0 aliphatic rings. The van der Waals surface area contributed by atoms with Gasteiger partial charge in [-0.25, -0.2) is 0 Å². The Labute approximate surface area is 111 Å². The largest absolute Gasteiger partial charge is 0.398 e. The van der Waals surface area contributed by atoms with Gasteiger partial charge in [-0.1, -0.05) is 0 Å². The summed E-state index contributed by atoms with van der Waals surface area (Å²) in [5.74, 6) is -0.284. The van der Waals surface area contributed by atoms with E-state index in [-0.39, 0.29) is 11.9 Å². The van der Waals surface area contributed by atoms with Gasteiger partial charge in [-0.15, -0.1) is 0 Å². The molecule has 0 saturated heterocycles. The van der Waals surface area contributed by atoms with E-state index in [0.717, 1.165) is 5.69 Å². The molecule has 2 heterocycles. The van der Waals surface area contributed by atoms with Crippen molar-refractivity contribution in [3.63, 3.8) is 0 Å². The third-order valence-electron chi connectivity index (χ3n) is 2.71. The van der Waals surface area contributed by atoms with Crippen molar-refractivity contribution in [3.05, 3.63) is 35.9 Å². The molecule has 0 aromatic carbocycles. The van der Waals surface area contributed by atoms with Crippen LogP contribution in [-0.2, 0) is 0 Å². The standard InChI is InChI=1S/C13H17N5O/c1-8(2)18-7-10(5-16-18)17-13(19)11-6-15-9(3)4-12(11)14/h4-8H,1-3H3,(H2,14,15)(H,17,19). The second-order valence-electron chi connectivity index (χ2n) is 4.67. The third-order valence-corrected chi connectivity index (χ3v) is 2.71. The number of aromatic nitrogens is 3. The Morgan fingerprint density at radius 3 is 2.74 bits per heavy atom. The minimum absolute atomic E-state index is 0.247. The predicted octanol–water partition coefficient (Wildman–Crippen LogP) is 2.00. The van der Waals surface area contributed by atoms with E-state index < -0.39 is 0 Å². The average molecular weight is 259 g/mol. The number of nitrogen functional groups attached to an aromatic ring is 1. The molecule has 0 aliphatic carbocycles. The lowest BCUT2D eigenvalue weighted by Gasteiger charge is -2.06. The van der Waals surface area contributed by atoms with Gasteiger partial charge in [0.15, 0.2) is 0 Å². The zero-order chi connectivity index (χ0) is 14.0. The molecule has 0 atom stereocenters. The highest BCUT2D eigenvalue weighted by atomic mass is 16.1. The van der Waals surface area contributed by atoms with Crippen LogP contribution < -0.4 is 11.1 Å². The number of nitrogens with two attached hydrogens (primary N) is 1. The van der Waals surface area contributed by atoms with Crippen LogP contribution in [0.25, 0.3) is 0 Å². The summed E-state index contributed by atoms with van der Waals surface area (Å²) >= 11 is 0. The van der Waals surface area contributed by atoms with E-state index in [0.29, 0.717) is 16.9 Å². The Balaban J connectivity index is 2.16. The fourth-order valence-corrected chi connectivity index (χ4v) is 1.65. The first kappa shape index (κ1) is 13.1. The molecule has 0 bridgehead atoms. The fourth-order valence-electron chi connectivity index (χ4n) is 1.65. The minimum Gasteiger partial charge on any atom is -0.398 e. The first-order valence-corrected chi connectivity index (χ1v) is 6.05. The first-order chi connectivity index (χ1) is 8.97. The summed E-state index contributed by atoms with van der Waals surface area (Å²) < 4.78 is 1.77. The van der Waals surface area contributed by atoms with Crippen molar-refractivity contribution in [2.24, 2.45) is 0 Å². The molecule has 1 amide bonds. The van der Waals surface area contributed by atoms with Gasteiger partial charge in [0.1, 0.15) is 0 Å². The molecule has 2 rings (SSSR count). The molecule has 6 heteroatoms. The lowest BCUT2D eigenvalue weighted by atomic mass is 10.2. The van der Waals surface area contributed by atoms with Gasteiger partial charge >= 0.3 is 0 Å². The molecule has 2 aromatic rings. The van der Waals surface area contributed by atoms with Crippen LogP contribution in [0.15, 0.2) is 24.7 Å². The smallest absolute Gasteiger partial charge is 0.259 e. The average Bonchev–Trinajstić information content (AvgIpc) is 2.77. The van der Waals surface area contributed by atoms with Crippen LogP contribution in [0.1, 0.15) is 35.9 Å². The Hall–Kier alpha value is -2.37. The van der Waals surface area contributed by atoms with Gasteiger partial charge in [0.2, 0.25) is 0 Å². The molecule has 19 heavy (non-hydrogen) atoms. The Morgan fingerprint density at radius 1 is 1.42 bits per heavy atom. The van der Waals surface area contributed by atoms with Crippen molar-refractivity contribution in [2.75, 3.05) is 11.1 Å². The van der Waals surface area contributed by atoms with E-state index in [1.54, 1.807) is 23.1 Å². The highest BCUT2D eigenvalue weighted by Gasteiger charge is 2.12. The molecule has 2 aromatic heterocycles. The van der Waals surface area contributed by atoms with Gasteiger partial charge in [-0.3, -0.25) is 14.5 Å². The number of amides is 1. The van der Waals surface area contributed by atoms with Gasteiger partial charge in [0.05, 0.1) is 17.4 Å². The van der Waals surface area contributed by atoms with E-state index in [9.17, 15) is 4.79 Å². The molecule has 6 nitrogen and oxygen atoms in total. The van der Waals surface area contributed by atoms with Gasteiger partial charge in [0, 0.05) is 29.8 Å². The SMILES string of the molecule is Cc1cc(N)c(C(=O)Nc2cnn(C(C)C)c2)cn1. The zero-order valence-electron chi connectivity index (χ0n) is 11.2. The quantitative estimate of drug-likeness (QED) is 0.882. The van der Waals surface area contributed by atoms with Crippen LogP contribution in [-0.4, -0.2) is 20.7 Å². The van der Waals surface area contributed by atoms with Crippen molar-refractivity contribution in [2.45, 2.75) is 26.8 Å².